The third-order valence-electron chi connectivity index (χ3n) is 4.48. The second-order valence-corrected chi connectivity index (χ2v) is 6.50. The fourth-order valence-electron chi connectivity index (χ4n) is 2.85. The Morgan fingerprint density at radius 2 is 2.00 bits per heavy atom. The average Bonchev–Trinajstić information content (AvgIpc) is 2.64. The number of rotatable bonds is 11. The van der Waals surface area contributed by atoms with Gasteiger partial charge in [0.05, 0.1) is 6.61 Å². The maximum Gasteiger partial charge on any atom is 0.191 e. The molecule has 7 heteroatoms. The lowest BCUT2D eigenvalue weighted by atomic mass is 10.1. The molecule has 0 saturated heterocycles. The fourth-order valence-corrected chi connectivity index (χ4v) is 2.85. The molecule has 0 aromatic heterocycles. The topological polar surface area (TPSA) is 48.9 Å². The van der Waals surface area contributed by atoms with Crippen molar-refractivity contribution < 1.29 is 9.13 Å². The molecule has 156 valence electrons. The Morgan fingerprint density at radius 1 is 1.30 bits per heavy atom. The van der Waals surface area contributed by atoms with Crippen LogP contribution in [0, 0.1) is 5.82 Å². The van der Waals surface area contributed by atoms with Crippen molar-refractivity contribution in [2.45, 2.75) is 52.8 Å². The molecule has 2 N–H and O–H groups in total. The maximum absolute atomic E-state index is 13.7. The van der Waals surface area contributed by atoms with Crippen molar-refractivity contribution in [2.75, 3.05) is 33.8 Å². The lowest BCUT2D eigenvalue weighted by molar-refractivity contribution is 0.181. The summed E-state index contributed by atoms with van der Waals surface area (Å²) in [6.07, 6.45) is 2.25. The highest BCUT2D eigenvalue weighted by Gasteiger charge is 2.08. The van der Waals surface area contributed by atoms with Crippen LogP contribution in [0.4, 0.5) is 4.39 Å². The van der Waals surface area contributed by atoms with Gasteiger partial charge in [0.1, 0.15) is 5.82 Å². The first kappa shape index (κ1) is 26.1. The van der Waals surface area contributed by atoms with Gasteiger partial charge in [-0.05, 0) is 57.1 Å². The SMILES string of the molecule is CCN(CC)CCCC(C)NC(=NC)NCc1ccc(F)c(COC)c1.I. The molecule has 0 aliphatic heterocycles. The van der Waals surface area contributed by atoms with Gasteiger partial charge in [-0.1, -0.05) is 19.9 Å². The van der Waals surface area contributed by atoms with Crippen LogP contribution < -0.4 is 10.6 Å². The van der Waals surface area contributed by atoms with E-state index in [1.165, 1.54) is 6.07 Å². The van der Waals surface area contributed by atoms with Crippen molar-refractivity contribution in [2.24, 2.45) is 4.99 Å². The number of aliphatic imine (C=N–C) groups is 1. The number of benzene rings is 1. The molecule has 1 aromatic carbocycles. The highest BCUT2D eigenvalue weighted by molar-refractivity contribution is 14.0. The Labute approximate surface area is 181 Å². The molecule has 0 fully saturated rings. The number of halogens is 2. The fraction of sp³-hybridized carbons (Fsp3) is 0.650. The van der Waals surface area contributed by atoms with Crippen LogP contribution in [0.15, 0.2) is 23.2 Å². The summed E-state index contributed by atoms with van der Waals surface area (Å²) in [6, 6.07) is 5.43. The molecule has 0 spiro atoms. The maximum atomic E-state index is 13.7. The van der Waals surface area contributed by atoms with Gasteiger partial charge in [0, 0.05) is 32.3 Å². The molecule has 1 rings (SSSR count). The minimum Gasteiger partial charge on any atom is -0.380 e. The molecule has 1 atom stereocenters. The normalized spacial score (nSPS) is 12.6. The quantitative estimate of drug-likeness (QED) is 0.280. The lowest BCUT2D eigenvalue weighted by Gasteiger charge is -2.21. The second kappa shape index (κ2) is 15.0. The van der Waals surface area contributed by atoms with E-state index in [0.29, 0.717) is 18.2 Å². The molecule has 0 aliphatic rings. The van der Waals surface area contributed by atoms with Gasteiger partial charge in [0.25, 0.3) is 0 Å². The number of guanidine groups is 1. The van der Waals surface area contributed by atoms with Crippen molar-refractivity contribution in [3.63, 3.8) is 0 Å². The van der Waals surface area contributed by atoms with Crippen molar-refractivity contribution in [1.82, 2.24) is 15.5 Å². The van der Waals surface area contributed by atoms with E-state index >= 15 is 0 Å². The number of methoxy groups -OCH3 is 1. The summed E-state index contributed by atoms with van der Waals surface area (Å²) in [5.74, 6) is 0.526. The van der Waals surface area contributed by atoms with E-state index in [2.05, 4.69) is 41.3 Å². The van der Waals surface area contributed by atoms with Crippen LogP contribution in [0.3, 0.4) is 0 Å². The number of nitrogens with one attached hydrogen (secondary N) is 2. The molecular weight excluding hydrogens is 458 g/mol. The highest BCUT2D eigenvalue weighted by Crippen LogP contribution is 2.11. The van der Waals surface area contributed by atoms with Gasteiger partial charge >= 0.3 is 0 Å². The Kier molecular flexibility index (Phi) is 14.5. The highest BCUT2D eigenvalue weighted by atomic mass is 127. The molecule has 0 aliphatic carbocycles. The zero-order valence-corrected chi connectivity index (χ0v) is 19.7. The minimum absolute atomic E-state index is 0. The summed E-state index contributed by atoms with van der Waals surface area (Å²) >= 11 is 0. The van der Waals surface area contributed by atoms with Crippen molar-refractivity contribution >= 4 is 29.9 Å². The van der Waals surface area contributed by atoms with Gasteiger partial charge < -0.3 is 20.3 Å². The van der Waals surface area contributed by atoms with Crippen molar-refractivity contribution in [1.29, 1.82) is 0 Å². The van der Waals surface area contributed by atoms with Crippen LogP contribution in [0.2, 0.25) is 0 Å². The van der Waals surface area contributed by atoms with E-state index in [1.54, 1.807) is 20.2 Å². The van der Waals surface area contributed by atoms with Gasteiger partial charge in [-0.2, -0.15) is 0 Å². The smallest absolute Gasteiger partial charge is 0.191 e. The third-order valence-corrected chi connectivity index (χ3v) is 4.48. The molecule has 1 unspecified atom stereocenters. The lowest BCUT2D eigenvalue weighted by Crippen LogP contribution is -2.42. The Hall–Kier alpha value is -0.930. The first-order valence-electron chi connectivity index (χ1n) is 9.49. The Balaban J connectivity index is 0.00000676. The average molecular weight is 494 g/mol. The molecule has 27 heavy (non-hydrogen) atoms. The van der Waals surface area contributed by atoms with Crippen LogP contribution in [-0.4, -0.2) is 50.7 Å². The number of ether oxygens (including phenoxy) is 1. The second-order valence-electron chi connectivity index (χ2n) is 6.50. The third kappa shape index (κ3) is 10.3. The predicted molar refractivity (Wildman–Crippen MR) is 122 cm³/mol. The van der Waals surface area contributed by atoms with E-state index in [9.17, 15) is 4.39 Å². The Morgan fingerprint density at radius 3 is 2.59 bits per heavy atom. The zero-order valence-electron chi connectivity index (χ0n) is 17.3. The molecule has 0 heterocycles. The number of hydrogen-bond acceptors (Lipinski definition) is 3. The van der Waals surface area contributed by atoms with Gasteiger partial charge in [0.15, 0.2) is 5.96 Å². The van der Waals surface area contributed by atoms with Gasteiger partial charge in [-0.3, -0.25) is 4.99 Å². The standard InChI is InChI=1S/C20H35FN4O.HI/c1-6-25(7-2)12-8-9-16(3)24-20(22-4)23-14-17-10-11-19(21)18(13-17)15-26-5;/h10-11,13,16H,6-9,12,14-15H2,1-5H3,(H2,22,23,24);1H. The molecular formula is C20H36FIN4O. The summed E-state index contributed by atoms with van der Waals surface area (Å²) < 4.78 is 18.7. The van der Waals surface area contributed by atoms with E-state index in [1.807, 2.05) is 6.07 Å². The van der Waals surface area contributed by atoms with E-state index in [4.69, 9.17) is 4.74 Å². The molecule has 0 amide bonds. The predicted octanol–water partition coefficient (Wildman–Crippen LogP) is 3.77. The molecule has 5 nitrogen and oxygen atoms in total. The minimum atomic E-state index is -0.236. The molecule has 0 bridgehead atoms. The zero-order chi connectivity index (χ0) is 19.4. The van der Waals surface area contributed by atoms with Crippen LogP contribution in [-0.2, 0) is 17.9 Å². The van der Waals surface area contributed by atoms with E-state index < -0.39 is 0 Å². The first-order chi connectivity index (χ1) is 12.5. The summed E-state index contributed by atoms with van der Waals surface area (Å²) in [5, 5.41) is 6.71. The summed E-state index contributed by atoms with van der Waals surface area (Å²) in [4.78, 5) is 6.72. The summed E-state index contributed by atoms with van der Waals surface area (Å²) in [6.45, 7) is 10.8. The molecule has 0 saturated carbocycles. The Bertz CT molecular complexity index is 553. The summed E-state index contributed by atoms with van der Waals surface area (Å²) in [5.41, 5.74) is 1.56. The van der Waals surface area contributed by atoms with Gasteiger partial charge in [-0.15, -0.1) is 24.0 Å². The van der Waals surface area contributed by atoms with E-state index in [-0.39, 0.29) is 36.4 Å². The van der Waals surface area contributed by atoms with Gasteiger partial charge in [0.2, 0.25) is 0 Å². The number of hydrogen-bond donors (Lipinski definition) is 2. The van der Waals surface area contributed by atoms with E-state index in [0.717, 1.165) is 44.0 Å². The van der Waals surface area contributed by atoms with Crippen LogP contribution in [0.25, 0.3) is 0 Å². The first-order valence-corrected chi connectivity index (χ1v) is 9.49. The van der Waals surface area contributed by atoms with Crippen LogP contribution in [0.5, 0.6) is 0 Å². The summed E-state index contributed by atoms with van der Waals surface area (Å²) in [7, 11) is 3.33. The molecule has 1 aromatic rings. The van der Waals surface area contributed by atoms with Crippen LogP contribution >= 0.6 is 24.0 Å². The number of nitrogens with zero attached hydrogens (tertiary/aromatic N) is 2. The van der Waals surface area contributed by atoms with Crippen molar-refractivity contribution in [3.05, 3.63) is 35.1 Å². The monoisotopic (exact) mass is 494 g/mol. The molecule has 0 radical (unpaired) electrons. The van der Waals surface area contributed by atoms with Crippen molar-refractivity contribution in [3.8, 4) is 0 Å². The van der Waals surface area contributed by atoms with Gasteiger partial charge in [-0.25, -0.2) is 4.39 Å². The largest absolute Gasteiger partial charge is 0.380 e. The van der Waals surface area contributed by atoms with Crippen LogP contribution in [0.1, 0.15) is 44.7 Å².